The van der Waals surface area contributed by atoms with E-state index in [2.05, 4.69) is 32.6 Å². The molecular formula is C14H27N. The molecule has 2 saturated heterocycles. The second-order valence-electron chi connectivity index (χ2n) is 6.26. The minimum Gasteiger partial charge on any atom is -0.300 e. The lowest BCUT2D eigenvalue weighted by molar-refractivity contribution is 0.0284. The lowest BCUT2D eigenvalue weighted by Gasteiger charge is -2.46. The maximum Gasteiger partial charge on any atom is 0.0129 e. The van der Waals surface area contributed by atoms with Crippen molar-refractivity contribution < 1.29 is 0 Å². The second-order valence-corrected chi connectivity index (χ2v) is 6.26. The Hall–Kier alpha value is -0.0400. The highest BCUT2D eigenvalue weighted by Gasteiger charge is 2.42. The first-order chi connectivity index (χ1) is 7.11. The van der Waals surface area contributed by atoms with Gasteiger partial charge in [-0.1, -0.05) is 27.7 Å². The highest BCUT2D eigenvalue weighted by Crippen LogP contribution is 2.42. The van der Waals surface area contributed by atoms with E-state index in [0.717, 1.165) is 29.7 Å². The number of fused-ring (bicyclic) bond motifs is 1. The molecule has 0 aromatic rings. The van der Waals surface area contributed by atoms with E-state index in [1.54, 1.807) is 0 Å². The van der Waals surface area contributed by atoms with Gasteiger partial charge in [0.15, 0.2) is 0 Å². The molecule has 1 nitrogen and oxygen atoms in total. The zero-order chi connectivity index (χ0) is 11.0. The Bertz CT molecular complexity index is 207. The Kier molecular flexibility index (Phi) is 3.39. The van der Waals surface area contributed by atoms with Crippen LogP contribution >= 0.6 is 0 Å². The average molecular weight is 209 g/mol. The zero-order valence-electron chi connectivity index (χ0n) is 10.9. The summed E-state index contributed by atoms with van der Waals surface area (Å²) < 4.78 is 0. The SMILES string of the molecule is CC(C)C1CCN2CCCC2C1C(C)C. The van der Waals surface area contributed by atoms with Crippen LogP contribution < -0.4 is 0 Å². The minimum absolute atomic E-state index is 0.864. The van der Waals surface area contributed by atoms with Crippen LogP contribution in [0.2, 0.25) is 0 Å². The zero-order valence-corrected chi connectivity index (χ0v) is 10.9. The third-order valence-corrected chi connectivity index (χ3v) is 4.73. The third-order valence-electron chi connectivity index (χ3n) is 4.73. The van der Waals surface area contributed by atoms with Gasteiger partial charge in [0.25, 0.3) is 0 Å². The lowest BCUT2D eigenvalue weighted by atomic mass is 9.69. The van der Waals surface area contributed by atoms with Gasteiger partial charge < -0.3 is 4.90 Å². The molecule has 0 aliphatic carbocycles. The van der Waals surface area contributed by atoms with E-state index in [1.807, 2.05) is 0 Å². The Morgan fingerprint density at radius 2 is 1.67 bits per heavy atom. The predicted molar refractivity (Wildman–Crippen MR) is 65.9 cm³/mol. The van der Waals surface area contributed by atoms with Gasteiger partial charge in [0.05, 0.1) is 0 Å². The first kappa shape index (κ1) is 11.4. The number of nitrogens with zero attached hydrogens (tertiary/aromatic N) is 1. The topological polar surface area (TPSA) is 3.24 Å². The first-order valence-electron chi connectivity index (χ1n) is 6.85. The molecule has 0 aromatic carbocycles. The van der Waals surface area contributed by atoms with Gasteiger partial charge in [-0.2, -0.15) is 0 Å². The molecule has 0 amide bonds. The van der Waals surface area contributed by atoms with Crippen molar-refractivity contribution >= 4 is 0 Å². The van der Waals surface area contributed by atoms with Crippen molar-refractivity contribution in [2.75, 3.05) is 13.1 Å². The summed E-state index contributed by atoms with van der Waals surface area (Å²) in [6.07, 6.45) is 4.35. The van der Waals surface area contributed by atoms with E-state index in [1.165, 1.54) is 32.4 Å². The van der Waals surface area contributed by atoms with Crippen LogP contribution in [0, 0.1) is 23.7 Å². The van der Waals surface area contributed by atoms with Crippen molar-refractivity contribution in [1.29, 1.82) is 0 Å². The standard InChI is InChI=1S/C14H27N/c1-10(2)12-7-9-15-8-5-6-13(15)14(12)11(3)4/h10-14H,5-9H2,1-4H3. The molecule has 15 heavy (non-hydrogen) atoms. The van der Waals surface area contributed by atoms with Crippen molar-refractivity contribution in [3.8, 4) is 0 Å². The molecule has 2 aliphatic heterocycles. The Balaban J connectivity index is 2.14. The van der Waals surface area contributed by atoms with Gasteiger partial charge in [0, 0.05) is 6.04 Å². The van der Waals surface area contributed by atoms with E-state index >= 15 is 0 Å². The van der Waals surface area contributed by atoms with E-state index in [-0.39, 0.29) is 0 Å². The smallest absolute Gasteiger partial charge is 0.0129 e. The van der Waals surface area contributed by atoms with Gasteiger partial charge in [-0.3, -0.25) is 0 Å². The van der Waals surface area contributed by atoms with Crippen LogP contribution in [0.4, 0.5) is 0 Å². The summed E-state index contributed by atoms with van der Waals surface area (Å²) in [6.45, 7) is 12.5. The molecule has 2 heterocycles. The predicted octanol–water partition coefficient (Wildman–Crippen LogP) is 3.40. The summed E-state index contributed by atoms with van der Waals surface area (Å²) in [5, 5.41) is 0. The van der Waals surface area contributed by atoms with Crippen molar-refractivity contribution in [3.05, 3.63) is 0 Å². The van der Waals surface area contributed by atoms with Gasteiger partial charge >= 0.3 is 0 Å². The van der Waals surface area contributed by atoms with E-state index in [0.29, 0.717) is 0 Å². The van der Waals surface area contributed by atoms with Crippen LogP contribution in [0.25, 0.3) is 0 Å². The van der Waals surface area contributed by atoms with Crippen LogP contribution in [-0.2, 0) is 0 Å². The van der Waals surface area contributed by atoms with Crippen LogP contribution in [0.15, 0.2) is 0 Å². The summed E-state index contributed by atoms with van der Waals surface area (Å²) >= 11 is 0. The Morgan fingerprint density at radius 3 is 2.27 bits per heavy atom. The quantitative estimate of drug-likeness (QED) is 0.674. The number of rotatable bonds is 2. The maximum absolute atomic E-state index is 2.77. The molecule has 3 atom stereocenters. The maximum atomic E-state index is 2.77. The van der Waals surface area contributed by atoms with Crippen LogP contribution in [0.3, 0.4) is 0 Å². The molecule has 2 aliphatic rings. The number of hydrogen-bond donors (Lipinski definition) is 0. The highest BCUT2D eigenvalue weighted by molar-refractivity contribution is 4.94. The summed E-state index contributed by atoms with van der Waals surface area (Å²) in [6, 6.07) is 0.922. The molecule has 1 heteroatoms. The number of hydrogen-bond acceptors (Lipinski definition) is 1. The van der Waals surface area contributed by atoms with Gasteiger partial charge in [0.2, 0.25) is 0 Å². The summed E-state index contributed by atoms with van der Waals surface area (Å²) in [5.74, 6) is 3.68. The average Bonchev–Trinajstić information content (AvgIpc) is 2.62. The van der Waals surface area contributed by atoms with Crippen molar-refractivity contribution in [2.45, 2.75) is 53.0 Å². The van der Waals surface area contributed by atoms with Crippen molar-refractivity contribution in [2.24, 2.45) is 23.7 Å². The van der Waals surface area contributed by atoms with Crippen LogP contribution in [-0.4, -0.2) is 24.0 Å². The summed E-state index contributed by atoms with van der Waals surface area (Å²) in [4.78, 5) is 2.77. The molecule has 88 valence electrons. The molecule has 0 bridgehead atoms. The molecule has 0 spiro atoms. The fourth-order valence-electron chi connectivity index (χ4n) is 4.07. The molecular weight excluding hydrogens is 182 g/mol. The van der Waals surface area contributed by atoms with Crippen LogP contribution in [0.1, 0.15) is 47.0 Å². The lowest BCUT2D eigenvalue weighted by Crippen LogP contribution is -2.48. The van der Waals surface area contributed by atoms with Crippen molar-refractivity contribution in [3.63, 3.8) is 0 Å². The monoisotopic (exact) mass is 209 g/mol. The van der Waals surface area contributed by atoms with Gasteiger partial charge in [-0.05, 0) is 56.0 Å². The second kappa shape index (κ2) is 4.45. The van der Waals surface area contributed by atoms with Crippen LogP contribution in [0.5, 0.6) is 0 Å². The van der Waals surface area contributed by atoms with Gasteiger partial charge in [0.1, 0.15) is 0 Å². The molecule has 0 N–H and O–H groups in total. The van der Waals surface area contributed by atoms with E-state index in [9.17, 15) is 0 Å². The molecule has 0 radical (unpaired) electrons. The fourth-order valence-corrected chi connectivity index (χ4v) is 4.07. The molecule has 2 fully saturated rings. The third kappa shape index (κ3) is 2.08. The number of piperidine rings is 1. The summed E-state index contributed by atoms with van der Waals surface area (Å²) in [5.41, 5.74) is 0. The fraction of sp³-hybridized carbons (Fsp3) is 1.00. The normalized spacial score (nSPS) is 37.6. The molecule has 0 aromatic heterocycles. The first-order valence-corrected chi connectivity index (χ1v) is 6.85. The Morgan fingerprint density at radius 1 is 0.933 bits per heavy atom. The van der Waals surface area contributed by atoms with E-state index in [4.69, 9.17) is 0 Å². The highest BCUT2D eigenvalue weighted by atomic mass is 15.2. The molecule has 0 saturated carbocycles. The van der Waals surface area contributed by atoms with Crippen molar-refractivity contribution in [1.82, 2.24) is 4.90 Å². The summed E-state index contributed by atoms with van der Waals surface area (Å²) in [7, 11) is 0. The molecule has 2 rings (SSSR count). The van der Waals surface area contributed by atoms with Gasteiger partial charge in [-0.25, -0.2) is 0 Å². The minimum atomic E-state index is 0.864. The van der Waals surface area contributed by atoms with Gasteiger partial charge in [-0.15, -0.1) is 0 Å². The Labute approximate surface area is 95.2 Å². The largest absolute Gasteiger partial charge is 0.300 e. The molecule has 3 unspecified atom stereocenters. The van der Waals surface area contributed by atoms with E-state index < -0.39 is 0 Å².